The number of aromatic nitrogens is 1. The molecule has 1 aromatic carbocycles. The molecule has 0 aliphatic rings. The Balaban J connectivity index is 2.63. The predicted octanol–water partition coefficient (Wildman–Crippen LogP) is 2.96. The van der Waals surface area contributed by atoms with Crippen LogP contribution in [0.1, 0.15) is 18.9 Å². The van der Waals surface area contributed by atoms with Gasteiger partial charge in [0.15, 0.2) is 5.70 Å². The van der Waals surface area contributed by atoms with Gasteiger partial charge in [-0.25, -0.2) is 9.79 Å². The van der Waals surface area contributed by atoms with E-state index in [1.165, 1.54) is 6.34 Å². The maximum Gasteiger partial charge on any atom is 0.354 e. The van der Waals surface area contributed by atoms with Gasteiger partial charge in [0, 0.05) is 36.8 Å². The van der Waals surface area contributed by atoms with Gasteiger partial charge in [-0.15, -0.1) is 0 Å². The molecular formula is C16H19N3O2. The fourth-order valence-electron chi connectivity index (χ4n) is 2.24. The van der Waals surface area contributed by atoms with Crippen LogP contribution in [-0.4, -0.2) is 41.4 Å². The number of hydrogen-bond donors (Lipinski definition) is 2. The van der Waals surface area contributed by atoms with Gasteiger partial charge < -0.3 is 15.0 Å². The number of nitrogens with one attached hydrogen (secondary N) is 1. The SMILES string of the molecule is CCC(=C(N=CN(C)C)C(=O)O)c1c[nH]c2ccccc12. The molecule has 2 rings (SSSR count). The van der Waals surface area contributed by atoms with Gasteiger partial charge in [0.25, 0.3) is 0 Å². The normalized spacial score (nSPS) is 12.7. The van der Waals surface area contributed by atoms with Crippen molar-refractivity contribution in [2.24, 2.45) is 4.99 Å². The lowest BCUT2D eigenvalue weighted by Crippen LogP contribution is -2.10. The summed E-state index contributed by atoms with van der Waals surface area (Å²) in [6.45, 7) is 1.94. The monoisotopic (exact) mass is 285 g/mol. The first-order valence-electron chi connectivity index (χ1n) is 6.78. The highest BCUT2D eigenvalue weighted by atomic mass is 16.4. The molecule has 0 spiro atoms. The number of allylic oxidation sites excluding steroid dienone is 1. The van der Waals surface area contributed by atoms with Crippen molar-refractivity contribution in [2.45, 2.75) is 13.3 Å². The van der Waals surface area contributed by atoms with Crippen LogP contribution >= 0.6 is 0 Å². The molecule has 0 atom stereocenters. The first-order valence-corrected chi connectivity index (χ1v) is 6.78. The molecule has 2 aromatic rings. The summed E-state index contributed by atoms with van der Waals surface area (Å²) < 4.78 is 0. The highest BCUT2D eigenvalue weighted by Crippen LogP contribution is 2.29. The van der Waals surface area contributed by atoms with Crippen molar-refractivity contribution in [2.75, 3.05) is 14.1 Å². The topological polar surface area (TPSA) is 68.7 Å². The van der Waals surface area contributed by atoms with Crippen LogP contribution in [0.2, 0.25) is 0 Å². The van der Waals surface area contributed by atoms with Crippen molar-refractivity contribution in [1.29, 1.82) is 0 Å². The van der Waals surface area contributed by atoms with Gasteiger partial charge in [0.2, 0.25) is 0 Å². The molecule has 0 saturated carbocycles. The van der Waals surface area contributed by atoms with Crippen LogP contribution < -0.4 is 0 Å². The Morgan fingerprint density at radius 1 is 1.38 bits per heavy atom. The minimum Gasteiger partial charge on any atom is -0.477 e. The highest BCUT2D eigenvalue weighted by molar-refractivity contribution is 6.02. The summed E-state index contributed by atoms with van der Waals surface area (Å²) in [7, 11) is 3.61. The highest BCUT2D eigenvalue weighted by Gasteiger charge is 2.16. The third-order valence-electron chi connectivity index (χ3n) is 3.17. The molecule has 5 nitrogen and oxygen atoms in total. The van der Waals surface area contributed by atoms with Gasteiger partial charge in [-0.2, -0.15) is 0 Å². The molecule has 21 heavy (non-hydrogen) atoms. The Morgan fingerprint density at radius 3 is 2.71 bits per heavy atom. The van der Waals surface area contributed by atoms with Crippen LogP contribution in [0.5, 0.6) is 0 Å². The van der Waals surface area contributed by atoms with E-state index < -0.39 is 5.97 Å². The standard InChI is InChI=1S/C16H19N3O2/c1-4-11(15(16(20)21)18-10-19(2)3)13-9-17-14-8-6-5-7-12(13)14/h5-10,17H,4H2,1-3H3,(H,20,21). The van der Waals surface area contributed by atoms with Crippen LogP contribution in [0.15, 0.2) is 41.2 Å². The number of hydrogen-bond acceptors (Lipinski definition) is 2. The maximum absolute atomic E-state index is 11.5. The number of benzene rings is 1. The summed E-state index contributed by atoms with van der Waals surface area (Å²) in [6, 6.07) is 7.83. The predicted molar refractivity (Wildman–Crippen MR) is 85.3 cm³/mol. The number of rotatable bonds is 5. The van der Waals surface area contributed by atoms with E-state index in [2.05, 4.69) is 9.98 Å². The third kappa shape index (κ3) is 3.13. The largest absolute Gasteiger partial charge is 0.477 e. The molecule has 0 aliphatic carbocycles. The number of aliphatic imine (C=N–C) groups is 1. The van der Waals surface area contributed by atoms with Gasteiger partial charge in [-0.3, -0.25) is 0 Å². The van der Waals surface area contributed by atoms with Crippen molar-refractivity contribution >= 4 is 28.8 Å². The molecule has 1 aromatic heterocycles. The molecule has 0 aliphatic heterocycles. The van der Waals surface area contributed by atoms with Gasteiger partial charge in [0.1, 0.15) is 0 Å². The van der Waals surface area contributed by atoms with Crippen LogP contribution in [0.3, 0.4) is 0 Å². The molecule has 0 unspecified atom stereocenters. The van der Waals surface area contributed by atoms with E-state index in [1.807, 2.05) is 37.4 Å². The Bertz CT molecular complexity index is 711. The summed E-state index contributed by atoms with van der Waals surface area (Å²) in [6.07, 6.45) is 3.94. The fourth-order valence-corrected chi connectivity index (χ4v) is 2.24. The summed E-state index contributed by atoms with van der Waals surface area (Å²) in [5.74, 6) is -1.02. The Kier molecular flexibility index (Phi) is 4.42. The second-order valence-electron chi connectivity index (χ2n) is 4.94. The quantitative estimate of drug-likeness (QED) is 0.504. The summed E-state index contributed by atoms with van der Waals surface area (Å²) in [5, 5.41) is 10.5. The molecule has 110 valence electrons. The van der Waals surface area contributed by atoms with Gasteiger partial charge in [-0.05, 0) is 18.1 Å². The average Bonchev–Trinajstić information content (AvgIpc) is 2.86. The molecule has 2 N–H and O–H groups in total. The molecule has 1 heterocycles. The number of aliphatic carboxylic acids is 1. The first kappa shape index (κ1) is 14.8. The van der Waals surface area contributed by atoms with Crippen molar-refractivity contribution in [3.8, 4) is 0 Å². The van der Waals surface area contributed by atoms with Crippen LogP contribution in [0.4, 0.5) is 0 Å². The molecule has 0 amide bonds. The lowest BCUT2D eigenvalue weighted by Gasteiger charge is -2.08. The molecule has 0 saturated heterocycles. The number of H-pyrrole nitrogens is 1. The fraction of sp³-hybridized carbons (Fsp3) is 0.250. The Labute approximate surface area is 123 Å². The molecule has 0 bridgehead atoms. The van der Waals surface area contributed by atoms with Crippen LogP contribution in [0.25, 0.3) is 16.5 Å². The Hall–Kier alpha value is -2.56. The van der Waals surface area contributed by atoms with E-state index in [4.69, 9.17) is 0 Å². The van der Waals surface area contributed by atoms with E-state index >= 15 is 0 Å². The zero-order valence-electron chi connectivity index (χ0n) is 12.4. The van der Waals surface area contributed by atoms with Crippen molar-refractivity contribution in [3.05, 3.63) is 41.7 Å². The second kappa shape index (κ2) is 6.26. The number of aromatic amines is 1. The summed E-state index contributed by atoms with van der Waals surface area (Å²) >= 11 is 0. The molecule has 5 heteroatoms. The molecule has 0 fully saturated rings. The van der Waals surface area contributed by atoms with E-state index in [1.54, 1.807) is 19.0 Å². The van der Waals surface area contributed by atoms with Crippen molar-refractivity contribution in [1.82, 2.24) is 9.88 Å². The van der Waals surface area contributed by atoms with Crippen molar-refractivity contribution in [3.63, 3.8) is 0 Å². The van der Waals surface area contributed by atoms with Crippen molar-refractivity contribution < 1.29 is 9.90 Å². The number of carbonyl (C=O) groups is 1. The van der Waals surface area contributed by atoms with E-state index in [0.29, 0.717) is 6.42 Å². The zero-order chi connectivity index (χ0) is 15.4. The number of para-hydroxylation sites is 1. The minimum absolute atomic E-state index is 0.0796. The van der Waals surface area contributed by atoms with E-state index in [-0.39, 0.29) is 5.70 Å². The molecular weight excluding hydrogens is 266 g/mol. The second-order valence-corrected chi connectivity index (χ2v) is 4.94. The minimum atomic E-state index is -1.02. The van der Waals surface area contributed by atoms with Crippen LogP contribution in [-0.2, 0) is 4.79 Å². The number of fused-ring (bicyclic) bond motifs is 1. The van der Waals surface area contributed by atoms with Gasteiger partial charge in [-0.1, -0.05) is 25.1 Å². The maximum atomic E-state index is 11.5. The van der Waals surface area contributed by atoms with Gasteiger partial charge >= 0.3 is 5.97 Å². The average molecular weight is 285 g/mol. The van der Waals surface area contributed by atoms with Gasteiger partial charge in [0.05, 0.1) is 6.34 Å². The Morgan fingerprint density at radius 2 is 2.10 bits per heavy atom. The lowest BCUT2D eigenvalue weighted by atomic mass is 10.0. The third-order valence-corrected chi connectivity index (χ3v) is 3.17. The zero-order valence-corrected chi connectivity index (χ0v) is 12.4. The lowest BCUT2D eigenvalue weighted by molar-refractivity contribution is -0.132. The molecule has 0 radical (unpaired) electrons. The smallest absolute Gasteiger partial charge is 0.354 e. The van der Waals surface area contributed by atoms with E-state index in [9.17, 15) is 9.90 Å². The number of nitrogens with zero attached hydrogens (tertiary/aromatic N) is 2. The number of carboxylic acid groups (broad SMARTS) is 1. The number of carboxylic acids is 1. The van der Waals surface area contributed by atoms with E-state index in [0.717, 1.165) is 22.0 Å². The summed E-state index contributed by atoms with van der Waals surface area (Å²) in [4.78, 5) is 20.6. The summed E-state index contributed by atoms with van der Waals surface area (Å²) in [5.41, 5.74) is 2.68. The van der Waals surface area contributed by atoms with Crippen LogP contribution in [0, 0.1) is 0 Å². The first-order chi connectivity index (χ1) is 10.0.